The molecule has 0 atom stereocenters. The maximum Gasteiger partial charge on any atom is 0.180 e. The Balaban J connectivity index is 2.00. The summed E-state index contributed by atoms with van der Waals surface area (Å²) in [5, 5.41) is 3.22. The molecular weight excluding hydrogens is 291 g/mol. The molecule has 0 aliphatic heterocycles. The molecule has 0 fully saturated rings. The zero-order valence-corrected chi connectivity index (χ0v) is 11.6. The Labute approximate surface area is 119 Å². The topological polar surface area (TPSA) is 56.0 Å². The number of nitrogens with two attached hydrogens (primary N) is 1. The minimum absolute atomic E-state index is 0.0682. The van der Waals surface area contributed by atoms with Crippen LogP contribution < -0.4 is 5.73 Å². The largest absolute Gasteiger partial charge is 0.375 e. The van der Waals surface area contributed by atoms with Gasteiger partial charge in [0.2, 0.25) is 0 Å². The van der Waals surface area contributed by atoms with Crippen molar-refractivity contribution in [3.05, 3.63) is 44.9 Å². The van der Waals surface area contributed by atoms with Crippen LogP contribution in [0.25, 0.3) is 0 Å². The number of carbonyl (C=O) groups excluding carboxylic acids is 1. The highest BCUT2D eigenvalue weighted by molar-refractivity contribution is 7.13. The van der Waals surface area contributed by atoms with Crippen LogP contribution in [0.3, 0.4) is 0 Å². The normalized spacial score (nSPS) is 10.6. The number of nitrogens with zero attached hydrogens (tertiary/aromatic N) is 1. The molecule has 1 heterocycles. The fraction of sp³-hybridized carbons (Fsp3) is 0.167. The van der Waals surface area contributed by atoms with Gasteiger partial charge in [0.05, 0.1) is 15.7 Å². The third kappa shape index (κ3) is 3.45. The Morgan fingerprint density at radius 3 is 2.67 bits per heavy atom. The first kappa shape index (κ1) is 13.3. The number of nitrogen functional groups attached to an aromatic ring is 1. The molecule has 0 spiro atoms. The summed E-state index contributed by atoms with van der Waals surface area (Å²) < 4.78 is 0. The zero-order chi connectivity index (χ0) is 13.1. The average Bonchev–Trinajstić information content (AvgIpc) is 2.69. The fourth-order valence-electron chi connectivity index (χ4n) is 1.55. The molecule has 2 aromatic rings. The third-order valence-corrected chi connectivity index (χ3v) is 3.79. The summed E-state index contributed by atoms with van der Waals surface area (Å²) in [5.74, 6) is 0.0682. The van der Waals surface area contributed by atoms with Crippen molar-refractivity contribution in [3.8, 4) is 0 Å². The Kier molecular flexibility index (Phi) is 4.22. The van der Waals surface area contributed by atoms with E-state index in [-0.39, 0.29) is 12.2 Å². The predicted octanol–water partition coefficient (Wildman–Crippen LogP) is 3.39. The molecule has 0 saturated carbocycles. The lowest BCUT2D eigenvalue weighted by Crippen LogP contribution is -2.07. The second kappa shape index (κ2) is 5.69. The number of hydrogen-bond acceptors (Lipinski definition) is 4. The fourth-order valence-corrected chi connectivity index (χ4v) is 2.43. The van der Waals surface area contributed by atoms with Gasteiger partial charge in [-0.3, -0.25) is 4.79 Å². The molecule has 0 aliphatic rings. The van der Waals surface area contributed by atoms with Crippen LogP contribution in [0.1, 0.15) is 11.3 Å². The lowest BCUT2D eigenvalue weighted by Gasteiger charge is -2.02. The van der Waals surface area contributed by atoms with Crippen molar-refractivity contribution in [1.82, 2.24) is 4.98 Å². The van der Waals surface area contributed by atoms with E-state index < -0.39 is 0 Å². The number of aromatic nitrogens is 1. The molecule has 2 rings (SSSR count). The van der Waals surface area contributed by atoms with Crippen molar-refractivity contribution in [2.45, 2.75) is 12.8 Å². The average molecular weight is 301 g/mol. The third-order valence-electron chi connectivity index (χ3n) is 2.33. The standard InChI is InChI=1S/C12H10Cl2N2OS/c13-10-2-1-7(4-11(10)14)3-9(17)5-8-6-18-12(15)16-8/h1-2,4,6H,3,5H2,(H2,15,16). The Morgan fingerprint density at radius 1 is 1.28 bits per heavy atom. The SMILES string of the molecule is Nc1nc(CC(=O)Cc2ccc(Cl)c(Cl)c2)cs1. The molecule has 1 aromatic carbocycles. The first-order valence-electron chi connectivity index (χ1n) is 5.20. The molecule has 6 heteroatoms. The molecule has 3 nitrogen and oxygen atoms in total. The van der Waals surface area contributed by atoms with Crippen molar-refractivity contribution in [3.63, 3.8) is 0 Å². The molecular formula is C12H10Cl2N2OS. The van der Waals surface area contributed by atoms with E-state index in [9.17, 15) is 4.79 Å². The summed E-state index contributed by atoms with van der Waals surface area (Å²) in [5.41, 5.74) is 7.06. The van der Waals surface area contributed by atoms with E-state index in [2.05, 4.69) is 4.98 Å². The number of rotatable bonds is 4. The van der Waals surface area contributed by atoms with E-state index in [1.54, 1.807) is 23.6 Å². The monoisotopic (exact) mass is 300 g/mol. The maximum absolute atomic E-state index is 11.8. The van der Waals surface area contributed by atoms with Crippen molar-refractivity contribution in [2.75, 3.05) is 5.73 Å². The quantitative estimate of drug-likeness (QED) is 0.941. The van der Waals surface area contributed by atoms with Gasteiger partial charge in [-0.1, -0.05) is 29.3 Å². The summed E-state index contributed by atoms with van der Waals surface area (Å²) >= 11 is 13.0. The lowest BCUT2D eigenvalue weighted by atomic mass is 10.1. The summed E-state index contributed by atoms with van der Waals surface area (Å²) in [6.07, 6.45) is 0.599. The second-order valence-electron chi connectivity index (χ2n) is 3.82. The number of benzene rings is 1. The number of carbonyl (C=O) groups is 1. The minimum atomic E-state index is 0.0682. The molecule has 0 radical (unpaired) electrons. The van der Waals surface area contributed by atoms with Crippen molar-refractivity contribution >= 4 is 45.5 Å². The van der Waals surface area contributed by atoms with Crippen LogP contribution in [0, 0.1) is 0 Å². The minimum Gasteiger partial charge on any atom is -0.375 e. The molecule has 0 aliphatic carbocycles. The summed E-state index contributed by atoms with van der Waals surface area (Å²) in [6.45, 7) is 0. The van der Waals surface area contributed by atoms with Crippen LogP contribution in [0.2, 0.25) is 10.0 Å². The Hall–Kier alpha value is -1.10. The van der Waals surface area contributed by atoms with Crippen LogP contribution in [-0.4, -0.2) is 10.8 Å². The van der Waals surface area contributed by atoms with Gasteiger partial charge in [-0.2, -0.15) is 0 Å². The molecule has 0 saturated heterocycles. The van der Waals surface area contributed by atoms with E-state index >= 15 is 0 Å². The first-order chi connectivity index (χ1) is 8.54. The summed E-state index contributed by atoms with van der Waals surface area (Å²) in [4.78, 5) is 15.9. The Morgan fingerprint density at radius 2 is 2.06 bits per heavy atom. The summed E-state index contributed by atoms with van der Waals surface area (Å²) in [7, 11) is 0. The molecule has 0 unspecified atom stereocenters. The first-order valence-corrected chi connectivity index (χ1v) is 6.83. The molecule has 94 valence electrons. The zero-order valence-electron chi connectivity index (χ0n) is 9.32. The van der Waals surface area contributed by atoms with Crippen LogP contribution in [0.4, 0.5) is 5.13 Å². The molecule has 2 N–H and O–H groups in total. The van der Waals surface area contributed by atoms with Crippen molar-refractivity contribution in [1.29, 1.82) is 0 Å². The summed E-state index contributed by atoms with van der Waals surface area (Å²) in [6, 6.07) is 5.19. The van der Waals surface area contributed by atoms with Gasteiger partial charge in [-0.25, -0.2) is 4.98 Å². The number of halogens is 2. The highest BCUT2D eigenvalue weighted by atomic mass is 35.5. The van der Waals surface area contributed by atoms with Gasteiger partial charge in [-0.15, -0.1) is 11.3 Å². The molecule has 0 amide bonds. The van der Waals surface area contributed by atoms with Crippen LogP contribution in [0.15, 0.2) is 23.6 Å². The van der Waals surface area contributed by atoms with E-state index in [4.69, 9.17) is 28.9 Å². The van der Waals surface area contributed by atoms with E-state index in [1.165, 1.54) is 11.3 Å². The molecule has 0 bridgehead atoms. The van der Waals surface area contributed by atoms with Crippen LogP contribution >= 0.6 is 34.5 Å². The van der Waals surface area contributed by atoms with Gasteiger partial charge in [-0.05, 0) is 17.7 Å². The second-order valence-corrected chi connectivity index (χ2v) is 5.52. The number of hydrogen-bond donors (Lipinski definition) is 1. The van der Waals surface area contributed by atoms with Crippen LogP contribution in [0.5, 0.6) is 0 Å². The molecule has 1 aromatic heterocycles. The van der Waals surface area contributed by atoms with Crippen LogP contribution in [-0.2, 0) is 17.6 Å². The van der Waals surface area contributed by atoms with Gasteiger partial charge in [0.15, 0.2) is 5.13 Å². The molecule has 18 heavy (non-hydrogen) atoms. The van der Waals surface area contributed by atoms with E-state index in [1.807, 2.05) is 0 Å². The highest BCUT2D eigenvalue weighted by Gasteiger charge is 2.09. The van der Waals surface area contributed by atoms with Gasteiger partial charge in [0.25, 0.3) is 0 Å². The van der Waals surface area contributed by atoms with Crippen molar-refractivity contribution < 1.29 is 4.79 Å². The van der Waals surface area contributed by atoms with Gasteiger partial charge >= 0.3 is 0 Å². The van der Waals surface area contributed by atoms with Crippen molar-refractivity contribution in [2.24, 2.45) is 0 Å². The number of ketones is 1. The van der Waals surface area contributed by atoms with Gasteiger partial charge in [0.1, 0.15) is 5.78 Å². The number of thiazole rings is 1. The van der Waals surface area contributed by atoms with Gasteiger partial charge < -0.3 is 5.73 Å². The smallest absolute Gasteiger partial charge is 0.180 e. The lowest BCUT2D eigenvalue weighted by molar-refractivity contribution is -0.117. The predicted molar refractivity (Wildman–Crippen MR) is 75.4 cm³/mol. The number of Topliss-reactive ketones (excluding diaryl/α,β-unsaturated/α-hetero) is 1. The highest BCUT2D eigenvalue weighted by Crippen LogP contribution is 2.23. The number of anilines is 1. The van der Waals surface area contributed by atoms with E-state index in [0.29, 0.717) is 27.3 Å². The maximum atomic E-state index is 11.8. The Bertz CT molecular complexity index is 583. The van der Waals surface area contributed by atoms with E-state index in [0.717, 1.165) is 5.56 Å². The van der Waals surface area contributed by atoms with Gasteiger partial charge in [0, 0.05) is 18.2 Å².